The van der Waals surface area contributed by atoms with Crippen LogP contribution in [0, 0.1) is 7.05 Å². The molecule has 4 heteroatoms. The molecule has 0 saturated carbocycles. The van der Waals surface area contributed by atoms with Gasteiger partial charge >= 0.3 is 0 Å². The zero-order valence-corrected chi connectivity index (χ0v) is 5.77. The van der Waals surface area contributed by atoms with Crippen LogP contribution >= 0.6 is 11.5 Å². The molecule has 0 aliphatic carbocycles. The molecule has 0 N–H and O–H groups in total. The molecule has 0 spiro atoms. The fourth-order valence-corrected chi connectivity index (χ4v) is 1.04. The molecule has 49 valence electrons. The first-order valence-corrected chi connectivity index (χ1v) is 3.09. The summed E-state index contributed by atoms with van der Waals surface area (Å²) in [5, 5.41) is 0.593. The van der Waals surface area contributed by atoms with Crippen molar-refractivity contribution in [1.29, 1.82) is 0 Å². The Kier molecular flexibility index (Phi) is 1.57. The predicted molar refractivity (Wildman–Crippen MR) is 35.9 cm³/mol. The third-order valence-electron chi connectivity index (χ3n) is 0.888. The quantitative estimate of drug-likeness (QED) is 0.576. The summed E-state index contributed by atoms with van der Waals surface area (Å²) in [6, 6.07) is 1.40. The molecule has 1 aromatic rings. The number of hydrogen-bond acceptors (Lipinski definition) is 3. The van der Waals surface area contributed by atoms with Gasteiger partial charge in [-0.25, -0.2) is 0 Å². The summed E-state index contributed by atoms with van der Waals surface area (Å²) in [5.41, 5.74) is -0.128. The summed E-state index contributed by atoms with van der Waals surface area (Å²) in [7, 11) is 4.95. The van der Waals surface area contributed by atoms with E-state index in [4.69, 9.17) is 4.74 Å². The Hall–Kier alpha value is -0.770. The van der Waals surface area contributed by atoms with Gasteiger partial charge in [-0.2, -0.15) is 0 Å². The molecule has 9 heavy (non-hydrogen) atoms. The number of rotatable bonds is 1. The van der Waals surface area contributed by atoms with Crippen molar-refractivity contribution in [3.63, 3.8) is 0 Å². The van der Waals surface area contributed by atoms with Crippen LogP contribution in [0.1, 0.15) is 0 Å². The topological polar surface area (TPSA) is 31.2 Å². The maximum absolute atomic E-state index is 10.6. The van der Waals surface area contributed by atoms with E-state index in [1.165, 1.54) is 28.7 Å². The van der Waals surface area contributed by atoms with Gasteiger partial charge in [-0.05, 0) is 11.5 Å². The zero-order valence-electron chi connectivity index (χ0n) is 4.96. The molecule has 1 heterocycles. The second-order valence-electron chi connectivity index (χ2n) is 1.48. The molecule has 0 aromatic carbocycles. The lowest BCUT2D eigenvalue weighted by molar-refractivity contribution is 0.427. The van der Waals surface area contributed by atoms with Gasteiger partial charge in [-0.1, -0.05) is 0 Å². The lowest BCUT2D eigenvalue weighted by Gasteiger charge is -1.86. The molecule has 0 aliphatic heterocycles. The van der Waals surface area contributed by atoms with E-state index in [1.54, 1.807) is 0 Å². The summed E-state index contributed by atoms with van der Waals surface area (Å²) in [6.07, 6.45) is 0. The van der Waals surface area contributed by atoms with E-state index >= 15 is 0 Å². The fraction of sp³-hybridized carbons (Fsp3) is 0.200. The first-order valence-electron chi connectivity index (χ1n) is 2.32. The molecule has 0 bridgehead atoms. The number of hydrogen-bond donors (Lipinski definition) is 0. The van der Waals surface area contributed by atoms with Crippen molar-refractivity contribution in [3.8, 4) is 5.06 Å². The Bertz CT molecular complexity index is 250. The van der Waals surface area contributed by atoms with E-state index in [1.807, 2.05) is 0 Å². The molecule has 1 rings (SSSR count). The third kappa shape index (κ3) is 1.13. The molecule has 1 radical (unpaired) electrons. The van der Waals surface area contributed by atoms with Gasteiger partial charge < -0.3 is 4.74 Å². The van der Waals surface area contributed by atoms with Crippen LogP contribution in [0.15, 0.2) is 10.9 Å². The van der Waals surface area contributed by atoms with E-state index in [9.17, 15) is 4.79 Å². The Labute approximate surface area is 56.6 Å². The maximum atomic E-state index is 10.6. The molecule has 3 nitrogen and oxygen atoms in total. The van der Waals surface area contributed by atoms with E-state index < -0.39 is 0 Å². The largest absolute Gasteiger partial charge is 0.486 e. The van der Waals surface area contributed by atoms with E-state index in [0.29, 0.717) is 5.06 Å². The summed E-state index contributed by atoms with van der Waals surface area (Å²) in [5.74, 6) is 0. The van der Waals surface area contributed by atoms with Crippen LogP contribution in [-0.4, -0.2) is 11.1 Å². The Morgan fingerprint density at radius 1 is 1.89 bits per heavy atom. The van der Waals surface area contributed by atoms with Gasteiger partial charge in [0.2, 0.25) is 0 Å². The summed E-state index contributed by atoms with van der Waals surface area (Å²) in [4.78, 5) is 10.6. The van der Waals surface area contributed by atoms with Crippen molar-refractivity contribution in [2.24, 2.45) is 0 Å². The number of ether oxygens (including phenoxy) is 1. The van der Waals surface area contributed by atoms with Gasteiger partial charge in [0, 0.05) is 0 Å². The molecule has 0 saturated heterocycles. The zero-order chi connectivity index (χ0) is 6.85. The lowest BCUT2D eigenvalue weighted by Crippen LogP contribution is -2.03. The number of methoxy groups -OCH3 is 1. The van der Waals surface area contributed by atoms with Crippen molar-refractivity contribution in [3.05, 3.63) is 23.5 Å². The van der Waals surface area contributed by atoms with Crippen LogP contribution in [0.25, 0.3) is 0 Å². The fourth-order valence-electron chi connectivity index (χ4n) is 0.449. The summed E-state index contributed by atoms with van der Waals surface area (Å²) in [6.45, 7) is 0. The second kappa shape index (κ2) is 2.23. The van der Waals surface area contributed by atoms with E-state index in [-0.39, 0.29) is 5.56 Å². The van der Waals surface area contributed by atoms with Crippen LogP contribution in [0.2, 0.25) is 0 Å². The van der Waals surface area contributed by atoms with Crippen LogP contribution in [0.5, 0.6) is 5.06 Å². The van der Waals surface area contributed by atoms with Gasteiger partial charge in [-0.15, -0.1) is 0 Å². The molecular formula is C5H6NO2S. The smallest absolute Gasteiger partial charge is 0.264 e. The van der Waals surface area contributed by atoms with E-state index in [2.05, 4.69) is 7.05 Å². The molecule has 0 atom stereocenters. The maximum Gasteiger partial charge on any atom is 0.264 e. The first kappa shape index (κ1) is 6.35. The summed E-state index contributed by atoms with van der Waals surface area (Å²) < 4.78 is 6.04. The molecule has 0 fully saturated rings. The van der Waals surface area contributed by atoms with Crippen LogP contribution in [-0.2, 0) is 0 Å². The summed E-state index contributed by atoms with van der Waals surface area (Å²) >= 11 is 1.19. The van der Waals surface area contributed by atoms with Crippen molar-refractivity contribution in [2.45, 2.75) is 0 Å². The Balaban J connectivity index is 3.13. The minimum Gasteiger partial charge on any atom is -0.486 e. The second-order valence-corrected chi connectivity index (χ2v) is 2.50. The van der Waals surface area contributed by atoms with Crippen molar-refractivity contribution in [1.82, 2.24) is 3.96 Å². The van der Waals surface area contributed by atoms with Crippen LogP contribution in [0.3, 0.4) is 0 Å². The molecule has 1 aromatic heterocycles. The SMILES string of the molecule is [CH2]n1sc(OC)cc1=O. The highest BCUT2D eigenvalue weighted by atomic mass is 32.1. The normalized spacial score (nSPS) is 9.56. The number of nitrogens with zero attached hydrogens (tertiary/aromatic N) is 1. The van der Waals surface area contributed by atoms with Gasteiger partial charge in [0.25, 0.3) is 5.56 Å². The van der Waals surface area contributed by atoms with Gasteiger partial charge in [0.15, 0.2) is 5.06 Å². The van der Waals surface area contributed by atoms with Crippen LogP contribution in [0.4, 0.5) is 0 Å². The molecular weight excluding hydrogens is 138 g/mol. The Morgan fingerprint density at radius 3 is 2.78 bits per heavy atom. The average Bonchev–Trinajstić information content (AvgIpc) is 2.13. The molecule has 0 amide bonds. The lowest BCUT2D eigenvalue weighted by atomic mass is 10.7. The minimum atomic E-state index is -0.128. The first-order chi connectivity index (χ1) is 4.24. The average molecular weight is 144 g/mol. The number of aromatic nitrogens is 1. The standard InChI is InChI=1S/C5H6NO2S/c1-6-4(7)3-5(8-2)9-6/h3H,1H2,2H3. The van der Waals surface area contributed by atoms with Gasteiger partial charge in [0.1, 0.15) is 0 Å². The highest BCUT2D eigenvalue weighted by Gasteiger charge is 1.97. The van der Waals surface area contributed by atoms with Crippen molar-refractivity contribution < 1.29 is 4.74 Å². The highest BCUT2D eigenvalue weighted by molar-refractivity contribution is 7.08. The predicted octanol–water partition coefficient (Wildman–Crippen LogP) is 0.558. The van der Waals surface area contributed by atoms with Gasteiger partial charge in [-0.3, -0.25) is 8.75 Å². The van der Waals surface area contributed by atoms with E-state index in [0.717, 1.165) is 0 Å². The van der Waals surface area contributed by atoms with Crippen molar-refractivity contribution in [2.75, 3.05) is 7.11 Å². The third-order valence-corrected chi connectivity index (χ3v) is 1.75. The molecule has 0 aliphatic rings. The Morgan fingerprint density at radius 2 is 2.56 bits per heavy atom. The van der Waals surface area contributed by atoms with Gasteiger partial charge in [0.05, 0.1) is 20.2 Å². The highest BCUT2D eigenvalue weighted by Crippen LogP contribution is 2.12. The van der Waals surface area contributed by atoms with Crippen LogP contribution < -0.4 is 10.3 Å². The minimum absolute atomic E-state index is 0.128. The van der Waals surface area contributed by atoms with Crippen molar-refractivity contribution >= 4 is 11.5 Å². The molecule has 0 unspecified atom stereocenters. The monoisotopic (exact) mass is 144 g/mol.